The number of pyridine rings is 1. The van der Waals surface area contributed by atoms with E-state index >= 15 is 0 Å². The second-order valence-corrected chi connectivity index (χ2v) is 4.01. The molecule has 1 aromatic rings. The summed E-state index contributed by atoms with van der Waals surface area (Å²) >= 11 is 5.94. The normalized spacial score (nSPS) is 26.4. The van der Waals surface area contributed by atoms with E-state index in [9.17, 15) is 5.11 Å². The molecule has 1 fully saturated rings. The summed E-state index contributed by atoms with van der Waals surface area (Å²) in [6, 6.07) is 1.96. The van der Waals surface area contributed by atoms with E-state index in [-0.39, 0.29) is 12.1 Å². The Labute approximate surface area is 88.1 Å². The van der Waals surface area contributed by atoms with Crippen LogP contribution in [-0.2, 0) is 0 Å². The van der Waals surface area contributed by atoms with Gasteiger partial charge in [0.1, 0.15) is 0 Å². The first-order valence-corrected chi connectivity index (χ1v) is 5.19. The van der Waals surface area contributed by atoms with Crippen molar-refractivity contribution < 1.29 is 5.11 Å². The monoisotopic (exact) mass is 212 g/mol. The molecule has 2 atom stereocenters. The molecule has 0 spiro atoms. The van der Waals surface area contributed by atoms with Gasteiger partial charge >= 0.3 is 0 Å². The maximum atomic E-state index is 9.62. The molecule has 2 N–H and O–H groups in total. The molecule has 2 rings (SSSR count). The number of rotatable bonds is 2. The number of nitrogens with one attached hydrogen (secondary N) is 1. The lowest BCUT2D eigenvalue weighted by molar-refractivity contribution is 0.172. The predicted molar refractivity (Wildman–Crippen MR) is 56.5 cm³/mol. The minimum absolute atomic E-state index is 0.134. The number of hydrogen-bond donors (Lipinski definition) is 2. The van der Waals surface area contributed by atoms with Crippen molar-refractivity contribution in [3.8, 4) is 0 Å². The Bertz CT molecular complexity index is 319. The number of aliphatic hydroxyl groups is 1. The van der Waals surface area contributed by atoms with Gasteiger partial charge in [0.2, 0.25) is 0 Å². The standard InChI is InChI=1S/C10H13ClN2O/c11-7-6-12-5-4-8(7)13-9-2-1-3-10(9)14/h4-6,9-10,14H,1-3H2,(H,12,13)/t9-,10-/m1/s1. The van der Waals surface area contributed by atoms with Crippen molar-refractivity contribution >= 4 is 17.3 Å². The SMILES string of the molecule is O[C@@H]1CCC[C@H]1Nc1ccncc1Cl. The lowest BCUT2D eigenvalue weighted by Gasteiger charge is -2.18. The summed E-state index contributed by atoms with van der Waals surface area (Å²) in [7, 11) is 0. The first kappa shape index (κ1) is 9.74. The average molecular weight is 213 g/mol. The lowest BCUT2D eigenvalue weighted by atomic mass is 10.2. The summed E-state index contributed by atoms with van der Waals surface area (Å²) in [5.74, 6) is 0. The summed E-state index contributed by atoms with van der Waals surface area (Å²) in [5, 5.41) is 13.5. The third-order valence-corrected chi connectivity index (χ3v) is 2.89. The largest absolute Gasteiger partial charge is 0.391 e. The molecule has 3 nitrogen and oxygen atoms in total. The van der Waals surface area contributed by atoms with E-state index in [1.807, 2.05) is 6.07 Å². The van der Waals surface area contributed by atoms with Gasteiger partial charge in [-0.05, 0) is 25.3 Å². The third-order valence-electron chi connectivity index (χ3n) is 2.59. The van der Waals surface area contributed by atoms with Crippen LogP contribution in [0.1, 0.15) is 19.3 Å². The van der Waals surface area contributed by atoms with Crippen LogP contribution in [0.5, 0.6) is 0 Å². The lowest BCUT2D eigenvalue weighted by Crippen LogP contribution is -2.27. The number of hydrogen-bond acceptors (Lipinski definition) is 3. The fourth-order valence-corrected chi connectivity index (χ4v) is 1.97. The Morgan fingerprint density at radius 3 is 3.00 bits per heavy atom. The van der Waals surface area contributed by atoms with Crippen molar-refractivity contribution in [3.63, 3.8) is 0 Å². The molecule has 0 amide bonds. The number of nitrogens with zero attached hydrogens (tertiary/aromatic N) is 1. The number of aliphatic hydroxyl groups excluding tert-OH is 1. The summed E-state index contributed by atoms with van der Waals surface area (Å²) in [6.07, 6.45) is 5.99. The maximum absolute atomic E-state index is 9.62. The van der Waals surface area contributed by atoms with E-state index in [0.717, 1.165) is 24.9 Å². The average Bonchev–Trinajstić information content (AvgIpc) is 2.56. The summed E-state index contributed by atoms with van der Waals surface area (Å²) < 4.78 is 0. The van der Waals surface area contributed by atoms with Gasteiger partial charge in [0, 0.05) is 12.4 Å². The molecular formula is C10H13ClN2O. The van der Waals surface area contributed by atoms with E-state index in [1.54, 1.807) is 12.4 Å². The molecule has 0 radical (unpaired) electrons. The van der Waals surface area contributed by atoms with Gasteiger partial charge in [0.15, 0.2) is 0 Å². The number of anilines is 1. The van der Waals surface area contributed by atoms with Crippen molar-refractivity contribution in [2.45, 2.75) is 31.4 Å². The van der Waals surface area contributed by atoms with Gasteiger partial charge < -0.3 is 10.4 Å². The highest BCUT2D eigenvalue weighted by molar-refractivity contribution is 6.33. The molecule has 14 heavy (non-hydrogen) atoms. The molecule has 76 valence electrons. The van der Waals surface area contributed by atoms with Crippen LogP contribution >= 0.6 is 11.6 Å². The molecule has 0 bridgehead atoms. The fraction of sp³-hybridized carbons (Fsp3) is 0.500. The zero-order chi connectivity index (χ0) is 9.97. The highest BCUT2D eigenvalue weighted by Crippen LogP contribution is 2.26. The molecule has 1 aliphatic rings. The second-order valence-electron chi connectivity index (χ2n) is 3.60. The van der Waals surface area contributed by atoms with Crippen LogP contribution in [0.3, 0.4) is 0 Å². The molecule has 1 aromatic heterocycles. The van der Waals surface area contributed by atoms with E-state index in [4.69, 9.17) is 11.6 Å². The maximum Gasteiger partial charge on any atom is 0.0820 e. The van der Waals surface area contributed by atoms with Crippen molar-refractivity contribution in [2.75, 3.05) is 5.32 Å². The van der Waals surface area contributed by atoms with Gasteiger partial charge in [-0.15, -0.1) is 0 Å². The van der Waals surface area contributed by atoms with E-state index < -0.39 is 0 Å². The highest BCUT2D eigenvalue weighted by Gasteiger charge is 2.25. The molecular weight excluding hydrogens is 200 g/mol. The topological polar surface area (TPSA) is 45.1 Å². The van der Waals surface area contributed by atoms with Crippen molar-refractivity contribution in [1.82, 2.24) is 4.98 Å². The first-order chi connectivity index (χ1) is 6.77. The van der Waals surface area contributed by atoms with Gasteiger partial charge in [-0.2, -0.15) is 0 Å². The van der Waals surface area contributed by atoms with Crippen LogP contribution in [0.2, 0.25) is 5.02 Å². The zero-order valence-electron chi connectivity index (χ0n) is 7.78. The second kappa shape index (κ2) is 4.15. The number of aromatic nitrogens is 1. The Balaban J connectivity index is 2.07. The van der Waals surface area contributed by atoms with E-state index in [1.165, 1.54) is 0 Å². The van der Waals surface area contributed by atoms with Crippen LogP contribution in [0.25, 0.3) is 0 Å². The molecule has 0 aliphatic heterocycles. The predicted octanol–water partition coefficient (Wildman–Crippen LogP) is 2.06. The van der Waals surface area contributed by atoms with Crippen LogP contribution in [0.15, 0.2) is 18.5 Å². The Hall–Kier alpha value is -0.800. The smallest absolute Gasteiger partial charge is 0.0820 e. The van der Waals surface area contributed by atoms with Crippen LogP contribution in [0.4, 0.5) is 5.69 Å². The van der Waals surface area contributed by atoms with Gasteiger partial charge in [-0.1, -0.05) is 11.6 Å². The molecule has 1 aliphatic carbocycles. The summed E-state index contributed by atoms with van der Waals surface area (Å²) in [6.45, 7) is 0. The molecule has 0 saturated heterocycles. The summed E-state index contributed by atoms with van der Waals surface area (Å²) in [5.41, 5.74) is 0.854. The third kappa shape index (κ3) is 1.99. The van der Waals surface area contributed by atoms with Crippen LogP contribution in [-0.4, -0.2) is 22.2 Å². The van der Waals surface area contributed by atoms with Crippen molar-refractivity contribution in [2.24, 2.45) is 0 Å². The van der Waals surface area contributed by atoms with Gasteiger partial charge in [0.25, 0.3) is 0 Å². The molecule has 0 aromatic carbocycles. The Morgan fingerprint density at radius 1 is 1.50 bits per heavy atom. The van der Waals surface area contributed by atoms with Crippen LogP contribution < -0.4 is 5.32 Å². The Kier molecular flexibility index (Phi) is 2.89. The Morgan fingerprint density at radius 2 is 2.36 bits per heavy atom. The minimum Gasteiger partial charge on any atom is -0.391 e. The quantitative estimate of drug-likeness (QED) is 0.789. The minimum atomic E-state index is -0.251. The first-order valence-electron chi connectivity index (χ1n) is 4.81. The fourth-order valence-electron chi connectivity index (χ4n) is 1.80. The van der Waals surface area contributed by atoms with Crippen LogP contribution in [0, 0.1) is 0 Å². The zero-order valence-corrected chi connectivity index (χ0v) is 8.54. The summed E-state index contributed by atoms with van der Waals surface area (Å²) in [4.78, 5) is 3.90. The molecule has 0 unspecified atom stereocenters. The molecule has 1 saturated carbocycles. The van der Waals surface area contributed by atoms with Gasteiger partial charge in [-0.25, -0.2) is 0 Å². The van der Waals surface area contributed by atoms with Gasteiger partial charge in [0.05, 0.1) is 22.9 Å². The van der Waals surface area contributed by atoms with Crippen molar-refractivity contribution in [1.29, 1.82) is 0 Å². The van der Waals surface area contributed by atoms with E-state index in [2.05, 4.69) is 10.3 Å². The highest BCUT2D eigenvalue weighted by atomic mass is 35.5. The molecule has 4 heteroatoms. The van der Waals surface area contributed by atoms with E-state index in [0.29, 0.717) is 5.02 Å². The molecule has 1 heterocycles. The number of halogens is 1. The van der Waals surface area contributed by atoms with Gasteiger partial charge in [-0.3, -0.25) is 4.98 Å². The van der Waals surface area contributed by atoms with Crippen molar-refractivity contribution in [3.05, 3.63) is 23.5 Å².